The molecule has 0 unspecified atom stereocenters. The lowest BCUT2D eigenvalue weighted by molar-refractivity contribution is -0.133. The molecule has 0 aliphatic carbocycles. The number of aryl methyl sites for hydroxylation is 1. The molecule has 0 aromatic carbocycles. The maximum Gasteiger partial charge on any atom is 0.312 e. The van der Waals surface area contributed by atoms with Crippen molar-refractivity contribution >= 4 is 11.9 Å². The van der Waals surface area contributed by atoms with Gasteiger partial charge in [0.1, 0.15) is 0 Å². The highest BCUT2D eigenvalue weighted by Crippen LogP contribution is 2.30. The molecule has 2 heterocycles. The molecule has 0 radical (unpaired) electrons. The molecule has 1 saturated heterocycles. The molecule has 6 heteroatoms. The van der Waals surface area contributed by atoms with Gasteiger partial charge in [-0.15, -0.1) is 0 Å². The number of amides is 3. The van der Waals surface area contributed by atoms with E-state index in [0.29, 0.717) is 19.4 Å². The minimum Gasteiger partial charge on any atom is -0.353 e. The Hall–Kier alpha value is -1.98. The van der Waals surface area contributed by atoms with Crippen molar-refractivity contribution in [3.8, 4) is 0 Å². The normalized spacial score (nSPS) is 18.8. The van der Waals surface area contributed by atoms with Gasteiger partial charge in [0.2, 0.25) is 5.91 Å². The monoisotopic (exact) mass is 306 g/mol. The maximum absolute atomic E-state index is 12.6. The molecule has 1 fully saturated rings. The zero-order valence-corrected chi connectivity index (χ0v) is 13.3. The lowest BCUT2D eigenvalue weighted by Crippen LogP contribution is -2.36. The average molecular weight is 306 g/mol. The van der Waals surface area contributed by atoms with Crippen LogP contribution in [0.25, 0.3) is 0 Å². The van der Waals surface area contributed by atoms with Gasteiger partial charge in [0.25, 0.3) is 0 Å². The standard InChI is InChI=1S/C16H26N4O2/c1-19-11-6-8-13(19)14-7-3-2-4-12-20(14)15(21)9-5-10-18-16(17)22/h6,8,11,14H,2-5,7,9-10,12H2,1H3,(H3,17,18,22)/t14-/m0/s1. The molecule has 3 N–H and O–H groups in total. The van der Waals surface area contributed by atoms with Gasteiger partial charge in [0.15, 0.2) is 0 Å². The summed E-state index contributed by atoms with van der Waals surface area (Å²) in [6.07, 6.45) is 7.51. The van der Waals surface area contributed by atoms with E-state index in [0.717, 1.165) is 25.8 Å². The number of hydrogen-bond donors (Lipinski definition) is 2. The maximum atomic E-state index is 12.6. The van der Waals surface area contributed by atoms with Crippen LogP contribution < -0.4 is 11.1 Å². The van der Waals surface area contributed by atoms with Crippen molar-refractivity contribution in [2.24, 2.45) is 12.8 Å². The first kappa shape index (κ1) is 16.4. The van der Waals surface area contributed by atoms with Gasteiger partial charge < -0.3 is 20.5 Å². The highest BCUT2D eigenvalue weighted by molar-refractivity contribution is 5.77. The second-order valence-electron chi connectivity index (χ2n) is 5.89. The predicted molar refractivity (Wildman–Crippen MR) is 85.2 cm³/mol. The van der Waals surface area contributed by atoms with Gasteiger partial charge in [-0.2, -0.15) is 0 Å². The number of primary amides is 1. The molecule has 1 aliphatic rings. The summed E-state index contributed by atoms with van der Waals surface area (Å²) in [6.45, 7) is 1.27. The summed E-state index contributed by atoms with van der Waals surface area (Å²) in [6, 6.07) is 3.76. The van der Waals surface area contributed by atoms with E-state index in [1.807, 2.05) is 24.2 Å². The summed E-state index contributed by atoms with van der Waals surface area (Å²) in [7, 11) is 2.03. The van der Waals surface area contributed by atoms with Crippen LogP contribution >= 0.6 is 0 Å². The van der Waals surface area contributed by atoms with E-state index < -0.39 is 6.03 Å². The quantitative estimate of drug-likeness (QED) is 0.815. The Morgan fingerprint density at radius 2 is 2.18 bits per heavy atom. The molecule has 1 aromatic heterocycles. The average Bonchev–Trinajstić information content (AvgIpc) is 2.75. The second-order valence-corrected chi connectivity index (χ2v) is 5.89. The van der Waals surface area contributed by atoms with Crippen molar-refractivity contribution in [1.82, 2.24) is 14.8 Å². The first-order chi connectivity index (χ1) is 10.6. The molecule has 3 amide bonds. The van der Waals surface area contributed by atoms with E-state index in [2.05, 4.69) is 16.0 Å². The Labute approximate surface area is 131 Å². The third kappa shape index (κ3) is 4.26. The Kier molecular flexibility index (Phi) is 5.86. The molecule has 6 nitrogen and oxygen atoms in total. The Morgan fingerprint density at radius 1 is 1.36 bits per heavy atom. The number of nitrogens with zero attached hydrogens (tertiary/aromatic N) is 2. The SMILES string of the molecule is Cn1cccc1[C@@H]1CCCCCN1C(=O)CCCNC(N)=O. The van der Waals surface area contributed by atoms with Crippen LogP contribution in [0.5, 0.6) is 0 Å². The van der Waals surface area contributed by atoms with Crippen molar-refractivity contribution < 1.29 is 9.59 Å². The molecule has 0 bridgehead atoms. The van der Waals surface area contributed by atoms with Crippen LogP contribution in [-0.4, -0.2) is 34.5 Å². The number of aromatic nitrogens is 1. The van der Waals surface area contributed by atoms with Crippen LogP contribution in [0.3, 0.4) is 0 Å². The minimum atomic E-state index is -0.538. The Morgan fingerprint density at radius 3 is 2.86 bits per heavy atom. The Balaban J connectivity index is 1.99. The fourth-order valence-corrected chi connectivity index (χ4v) is 3.13. The highest BCUT2D eigenvalue weighted by atomic mass is 16.2. The van der Waals surface area contributed by atoms with E-state index in [9.17, 15) is 9.59 Å². The van der Waals surface area contributed by atoms with Gasteiger partial charge in [-0.05, 0) is 31.4 Å². The van der Waals surface area contributed by atoms with E-state index in [4.69, 9.17) is 5.73 Å². The van der Waals surface area contributed by atoms with Gasteiger partial charge in [0, 0.05) is 38.4 Å². The number of urea groups is 1. The molecule has 0 spiro atoms. The van der Waals surface area contributed by atoms with Crippen molar-refractivity contribution in [3.05, 3.63) is 24.0 Å². The molecule has 1 aliphatic heterocycles. The number of carbonyl (C=O) groups excluding carboxylic acids is 2. The summed E-state index contributed by atoms with van der Waals surface area (Å²) in [5, 5.41) is 2.53. The zero-order chi connectivity index (χ0) is 15.9. The highest BCUT2D eigenvalue weighted by Gasteiger charge is 2.27. The summed E-state index contributed by atoms with van der Waals surface area (Å²) in [4.78, 5) is 25.3. The minimum absolute atomic E-state index is 0.166. The van der Waals surface area contributed by atoms with Crippen LogP contribution in [0.15, 0.2) is 18.3 Å². The van der Waals surface area contributed by atoms with E-state index in [1.165, 1.54) is 12.1 Å². The van der Waals surface area contributed by atoms with E-state index in [1.54, 1.807) is 0 Å². The summed E-state index contributed by atoms with van der Waals surface area (Å²) in [5.74, 6) is 0.166. The molecule has 1 aromatic rings. The van der Waals surface area contributed by atoms with Crippen LogP contribution in [0.4, 0.5) is 4.79 Å². The van der Waals surface area contributed by atoms with Crippen LogP contribution in [0.2, 0.25) is 0 Å². The summed E-state index contributed by atoms with van der Waals surface area (Å²) >= 11 is 0. The fraction of sp³-hybridized carbons (Fsp3) is 0.625. The van der Waals surface area contributed by atoms with Crippen LogP contribution in [-0.2, 0) is 11.8 Å². The van der Waals surface area contributed by atoms with Gasteiger partial charge in [-0.3, -0.25) is 4.79 Å². The van der Waals surface area contributed by atoms with Crippen molar-refractivity contribution in [1.29, 1.82) is 0 Å². The third-order valence-corrected chi connectivity index (χ3v) is 4.27. The largest absolute Gasteiger partial charge is 0.353 e. The molecule has 22 heavy (non-hydrogen) atoms. The number of nitrogens with one attached hydrogen (secondary N) is 1. The third-order valence-electron chi connectivity index (χ3n) is 4.27. The van der Waals surface area contributed by atoms with Crippen molar-refractivity contribution in [3.63, 3.8) is 0 Å². The zero-order valence-electron chi connectivity index (χ0n) is 13.3. The van der Waals surface area contributed by atoms with Gasteiger partial charge >= 0.3 is 6.03 Å². The van der Waals surface area contributed by atoms with E-state index >= 15 is 0 Å². The first-order valence-corrected chi connectivity index (χ1v) is 8.03. The van der Waals surface area contributed by atoms with Gasteiger partial charge in [0.05, 0.1) is 6.04 Å². The lowest BCUT2D eigenvalue weighted by atomic mass is 10.1. The molecule has 2 rings (SSSR count). The predicted octanol–water partition coefficient (Wildman–Crippen LogP) is 1.92. The lowest BCUT2D eigenvalue weighted by Gasteiger charge is -2.30. The number of hydrogen-bond acceptors (Lipinski definition) is 2. The summed E-state index contributed by atoms with van der Waals surface area (Å²) < 4.78 is 2.10. The van der Waals surface area contributed by atoms with Crippen LogP contribution in [0.1, 0.15) is 50.3 Å². The molecule has 1 atom stereocenters. The molecule has 122 valence electrons. The molecule has 0 saturated carbocycles. The second kappa shape index (κ2) is 7.87. The Bertz CT molecular complexity index is 512. The van der Waals surface area contributed by atoms with Crippen LogP contribution in [0, 0.1) is 0 Å². The number of rotatable bonds is 5. The smallest absolute Gasteiger partial charge is 0.312 e. The van der Waals surface area contributed by atoms with Gasteiger partial charge in [-0.1, -0.05) is 12.8 Å². The number of nitrogens with two attached hydrogens (primary N) is 1. The number of likely N-dealkylation sites (tertiary alicyclic amines) is 1. The van der Waals surface area contributed by atoms with E-state index in [-0.39, 0.29) is 11.9 Å². The van der Waals surface area contributed by atoms with Gasteiger partial charge in [-0.25, -0.2) is 4.79 Å². The topological polar surface area (TPSA) is 80.4 Å². The fourth-order valence-electron chi connectivity index (χ4n) is 3.13. The summed E-state index contributed by atoms with van der Waals surface area (Å²) in [5.41, 5.74) is 6.23. The van der Waals surface area contributed by atoms with Crippen molar-refractivity contribution in [2.75, 3.05) is 13.1 Å². The first-order valence-electron chi connectivity index (χ1n) is 8.03. The molecular weight excluding hydrogens is 280 g/mol. The molecular formula is C16H26N4O2. The van der Waals surface area contributed by atoms with Crippen molar-refractivity contribution in [2.45, 2.75) is 44.6 Å². The number of carbonyl (C=O) groups is 2.